The summed E-state index contributed by atoms with van der Waals surface area (Å²) in [4.78, 5) is 0. The van der Waals surface area contributed by atoms with Gasteiger partial charge in [-0.2, -0.15) is 5.10 Å². The Kier molecular flexibility index (Phi) is 4.42. The Morgan fingerprint density at radius 1 is 1.33 bits per heavy atom. The quantitative estimate of drug-likeness (QED) is 0.905. The fourth-order valence-electron chi connectivity index (χ4n) is 1.89. The Labute approximate surface area is 116 Å². The molecule has 3 nitrogen and oxygen atoms in total. The van der Waals surface area contributed by atoms with Crippen LogP contribution in [0.3, 0.4) is 0 Å². The Morgan fingerprint density at radius 2 is 2.17 bits per heavy atom. The summed E-state index contributed by atoms with van der Waals surface area (Å²) < 4.78 is 3.09. The molecule has 1 aromatic carbocycles. The van der Waals surface area contributed by atoms with Crippen molar-refractivity contribution in [3.05, 3.63) is 46.2 Å². The minimum atomic E-state index is 0.805. The standard InChI is InChI=1S/C14H18BrN3/c1-3-4-18-10-12(9-17-18)8-16-14-6-11(2)5-13(15)7-14/h5-7,9-10,16H,3-4,8H2,1-2H3. The van der Waals surface area contributed by atoms with Crippen molar-refractivity contribution < 1.29 is 0 Å². The minimum Gasteiger partial charge on any atom is -0.381 e. The molecular weight excluding hydrogens is 290 g/mol. The Balaban J connectivity index is 1.97. The lowest BCUT2D eigenvalue weighted by molar-refractivity contribution is 0.602. The fourth-order valence-corrected chi connectivity index (χ4v) is 2.50. The summed E-state index contributed by atoms with van der Waals surface area (Å²) >= 11 is 3.51. The molecule has 4 heteroatoms. The number of benzene rings is 1. The van der Waals surface area contributed by atoms with Gasteiger partial charge in [0.2, 0.25) is 0 Å². The summed E-state index contributed by atoms with van der Waals surface area (Å²) in [6.07, 6.45) is 5.13. The van der Waals surface area contributed by atoms with Crippen molar-refractivity contribution in [2.75, 3.05) is 5.32 Å². The Bertz CT molecular complexity index is 499. The lowest BCUT2D eigenvalue weighted by Crippen LogP contribution is -1.99. The van der Waals surface area contributed by atoms with Gasteiger partial charge < -0.3 is 5.32 Å². The molecule has 0 aliphatic rings. The minimum absolute atomic E-state index is 0.805. The van der Waals surface area contributed by atoms with E-state index in [0.29, 0.717) is 0 Å². The molecule has 2 aromatic rings. The van der Waals surface area contributed by atoms with E-state index >= 15 is 0 Å². The fraction of sp³-hybridized carbons (Fsp3) is 0.357. The van der Waals surface area contributed by atoms with E-state index in [1.54, 1.807) is 0 Å². The lowest BCUT2D eigenvalue weighted by atomic mass is 10.2. The molecule has 0 unspecified atom stereocenters. The van der Waals surface area contributed by atoms with Gasteiger partial charge in [0.25, 0.3) is 0 Å². The van der Waals surface area contributed by atoms with Gasteiger partial charge >= 0.3 is 0 Å². The number of aromatic nitrogens is 2. The summed E-state index contributed by atoms with van der Waals surface area (Å²) in [5.74, 6) is 0. The van der Waals surface area contributed by atoms with Crippen LogP contribution in [0.25, 0.3) is 0 Å². The number of aryl methyl sites for hydroxylation is 2. The maximum atomic E-state index is 4.32. The van der Waals surface area contributed by atoms with Crippen molar-refractivity contribution in [3.63, 3.8) is 0 Å². The predicted octanol–water partition coefficient (Wildman–Crippen LogP) is 3.98. The molecule has 18 heavy (non-hydrogen) atoms. The Morgan fingerprint density at radius 3 is 2.89 bits per heavy atom. The van der Waals surface area contributed by atoms with Gasteiger partial charge in [-0.15, -0.1) is 0 Å². The van der Waals surface area contributed by atoms with Gasteiger partial charge in [0, 0.05) is 35.0 Å². The maximum Gasteiger partial charge on any atom is 0.0539 e. The molecule has 0 amide bonds. The van der Waals surface area contributed by atoms with Crippen molar-refractivity contribution in [2.24, 2.45) is 0 Å². The van der Waals surface area contributed by atoms with Crippen LogP contribution in [0.5, 0.6) is 0 Å². The first-order valence-electron chi connectivity index (χ1n) is 6.20. The van der Waals surface area contributed by atoms with Crippen molar-refractivity contribution in [2.45, 2.75) is 33.4 Å². The van der Waals surface area contributed by atoms with E-state index in [9.17, 15) is 0 Å². The zero-order valence-electron chi connectivity index (χ0n) is 10.8. The number of hydrogen-bond donors (Lipinski definition) is 1. The monoisotopic (exact) mass is 307 g/mol. The van der Waals surface area contributed by atoms with Crippen LogP contribution in [-0.2, 0) is 13.1 Å². The molecule has 96 valence electrons. The highest BCUT2D eigenvalue weighted by Gasteiger charge is 2.00. The third-order valence-corrected chi connectivity index (χ3v) is 3.14. The molecule has 2 rings (SSSR count). The van der Waals surface area contributed by atoms with Gasteiger partial charge in [0.05, 0.1) is 6.20 Å². The van der Waals surface area contributed by atoms with Gasteiger partial charge in [-0.3, -0.25) is 4.68 Å². The van der Waals surface area contributed by atoms with Crippen LogP contribution < -0.4 is 5.32 Å². The molecule has 0 saturated carbocycles. The number of anilines is 1. The average Bonchev–Trinajstić information content (AvgIpc) is 2.74. The van der Waals surface area contributed by atoms with Crippen molar-refractivity contribution in [1.29, 1.82) is 0 Å². The summed E-state index contributed by atoms with van der Waals surface area (Å²) in [6.45, 7) is 6.04. The first kappa shape index (κ1) is 13.1. The number of halogens is 1. The highest BCUT2D eigenvalue weighted by atomic mass is 79.9. The molecule has 1 aromatic heterocycles. The van der Waals surface area contributed by atoms with Gasteiger partial charge in [-0.25, -0.2) is 0 Å². The van der Waals surface area contributed by atoms with Crippen LogP contribution in [-0.4, -0.2) is 9.78 Å². The molecular formula is C14H18BrN3. The molecule has 0 fully saturated rings. The van der Waals surface area contributed by atoms with Gasteiger partial charge in [-0.05, 0) is 37.1 Å². The van der Waals surface area contributed by atoms with Crippen LogP contribution in [0.1, 0.15) is 24.5 Å². The van der Waals surface area contributed by atoms with Crippen molar-refractivity contribution in [3.8, 4) is 0 Å². The van der Waals surface area contributed by atoms with Crippen LogP contribution in [0, 0.1) is 6.92 Å². The third-order valence-electron chi connectivity index (χ3n) is 2.68. The summed E-state index contributed by atoms with van der Waals surface area (Å²) in [7, 11) is 0. The number of nitrogens with zero attached hydrogens (tertiary/aromatic N) is 2. The zero-order chi connectivity index (χ0) is 13.0. The van der Waals surface area contributed by atoms with E-state index < -0.39 is 0 Å². The molecule has 0 radical (unpaired) electrons. The van der Waals surface area contributed by atoms with Gasteiger partial charge in [0.15, 0.2) is 0 Å². The molecule has 0 saturated heterocycles. The van der Waals surface area contributed by atoms with E-state index in [4.69, 9.17) is 0 Å². The van der Waals surface area contributed by atoms with Crippen molar-refractivity contribution >= 4 is 21.6 Å². The first-order valence-corrected chi connectivity index (χ1v) is 6.99. The molecule has 0 spiro atoms. The SMILES string of the molecule is CCCn1cc(CNc2cc(C)cc(Br)c2)cn1. The van der Waals surface area contributed by atoms with Gasteiger partial charge in [-0.1, -0.05) is 22.9 Å². The zero-order valence-corrected chi connectivity index (χ0v) is 12.4. The summed E-state index contributed by atoms with van der Waals surface area (Å²) in [5.41, 5.74) is 3.58. The van der Waals surface area contributed by atoms with E-state index in [2.05, 4.69) is 64.6 Å². The molecule has 0 bridgehead atoms. The van der Waals surface area contributed by atoms with Gasteiger partial charge in [0.1, 0.15) is 0 Å². The van der Waals surface area contributed by atoms with Crippen LogP contribution in [0.2, 0.25) is 0 Å². The van der Waals surface area contributed by atoms with Crippen molar-refractivity contribution in [1.82, 2.24) is 9.78 Å². The molecule has 0 aliphatic carbocycles. The number of rotatable bonds is 5. The lowest BCUT2D eigenvalue weighted by Gasteiger charge is -2.06. The Hall–Kier alpha value is -1.29. The molecule has 0 atom stereocenters. The van der Waals surface area contributed by atoms with Crippen LogP contribution in [0.15, 0.2) is 35.1 Å². The average molecular weight is 308 g/mol. The third kappa shape index (κ3) is 3.60. The summed E-state index contributed by atoms with van der Waals surface area (Å²) in [6, 6.07) is 6.33. The highest BCUT2D eigenvalue weighted by Crippen LogP contribution is 2.19. The molecule has 1 N–H and O–H groups in total. The van der Waals surface area contributed by atoms with E-state index in [0.717, 1.165) is 29.7 Å². The van der Waals surface area contributed by atoms with E-state index in [1.807, 2.05) is 10.9 Å². The molecule has 1 heterocycles. The largest absolute Gasteiger partial charge is 0.381 e. The molecule has 0 aliphatic heterocycles. The smallest absolute Gasteiger partial charge is 0.0539 e. The maximum absolute atomic E-state index is 4.32. The normalized spacial score (nSPS) is 10.6. The van der Waals surface area contributed by atoms with Crippen LogP contribution >= 0.6 is 15.9 Å². The van der Waals surface area contributed by atoms with E-state index in [1.165, 1.54) is 11.1 Å². The second-order valence-electron chi connectivity index (χ2n) is 4.48. The second-order valence-corrected chi connectivity index (χ2v) is 5.40. The number of hydrogen-bond acceptors (Lipinski definition) is 2. The highest BCUT2D eigenvalue weighted by molar-refractivity contribution is 9.10. The predicted molar refractivity (Wildman–Crippen MR) is 78.7 cm³/mol. The first-order chi connectivity index (χ1) is 8.67. The number of nitrogens with one attached hydrogen (secondary N) is 1. The second kappa shape index (κ2) is 6.05. The van der Waals surface area contributed by atoms with Crippen LogP contribution in [0.4, 0.5) is 5.69 Å². The summed E-state index contributed by atoms with van der Waals surface area (Å²) in [5, 5.41) is 7.74. The topological polar surface area (TPSA) is 29.9 Å². The van der Waals surface area contributed by atoms with E-state index in [-0.39, 0.29) is 0 Å².